The van der Waals surface area contributed by atoms with E-state index in [4.69, 9.17) is 4.42 Å². The van der Waals surface area contributed by atoms with Gasteiger partial charge >= 0.3 is 0 Å². The number of aryl methyl sites for hydroxylation is 1. The van der Waals surface area contributed by atoms with Crippen molar-refractivity contribution in [2.45, 2.75) is 45.4 Å². The number of furan rings is 1. The van der Waals surface area contributed by atoms with Crippen molar-refractivity contribution in [3.63, 3.8) is 0 Å². The van der Waals surface area contributed by atoms with Crippen LogP contribution in [0, 0.1) is 12.7 Å². The van der Waals surface area contributed by atoms with Crippen molar-refractivity contribution >= 4 is 0 Å². The molecule has 0 aliphatic heterocycles. The lowest BCUT2D eigenvalue weighted by atomic mass is 10.0. The Kier molecular flexibility index (Phi) is 5.15. The predicted molar refractivity (Wildman–Crippen MR) is 80.4 cm³/mol. The highest BCUT2D eigenvalue weighted by Gasteiger charge is 2.17. The third-order valence-electron chi connectivity index (χ3n) is 3.66. The Hall–Kier alpha value is -1.65. The molecule has 3 unspecified atom stereocenters. The number of aliphatic hydroxyl groups is 1. The summed E-state index contributed by atoms with van der Waals surface area (Å²) in [5.74, 6) is 0.622. The second kappa shape index (κ2) is 6.87. The quantitative estimate of drug-likeness (QED) is 0.848. The molecular weight excluding hydrogens is 269 g/mol. The fourth-order valence-electron chi connectivity index (χ4n) is 2.55. The highest BCUT2D eigenvalue weighted by Crippen LogP contribution is 2.22. The van der Waals surface area contributed by atoms with E-state index in [0.29, 0.717) is 6.42 Å². The summed E-state index contributed by atoms with van der Waals surface area (Å²) >= 11 is 0. The molecule has 2 aromatic rings. The molecule has 3 nitrogen and oxygen atoms in total. The first-order valence-electron chi connectivity index (χ1n) is 7.21. The Morgan fingerprint density at radius 1 is 1.19 bits per heavy atom. The lowest BCUT2D eigenvalue weighted by Gasteiger charge is -2.22. The van der Waals surface area contributed by atoms with Crippen LogP contribution >= 0.6 is 0 Å². The number of nitrogens with one attached hydrogen (secondary N) is 1. The van der Waals surface area contributed by atoms with Gasteiger partial charge in [-0.25, -0.2) is 4.39 Å². The van der Waals surface area contributed by atoms with Crippen LogP contribution in [-0.4, -0.2) is 11.1 Å². The van der Waals surface area contributed by atoms with Crippen LogP contribution in [0.15, 0.2) is 41.0 Å². The van der Waals surface area contributed by atoms with Gasteiger partial charge in [0.25, 0.3) is 0 Å². The zero-order chi connectivity index (χ0) is 15.4. The van der Waals surface area contributed by atoms with Crippen LogP contribution in [0.4, 0.5) is 4.39 Å². The summed E-state index contributed by atoms with van der Waals surface area (Å²) in [7, 11) is 0. The molecule has 21 heavy (non-hydrogen) atoms. The molecule has 0 saturated heterocycles. The van der Waals surface area contributed by atoms with E-state index in [-0.39, 0.29) is 17.9 Å². The second-order valence-electron chi connectivity index (χ2n) is 5.56. The zero-order valence-corrected chi connectivity index (χ0v) is 12.6. The summed E-state index contributed by atoms with van der Waals surface area (Å²) in [4.78, 5) is 0. The SMILES string of the molecule is Cc1ccoc1C(C)NC(C)CC(O)c1ccc(F)cc1. The molecule has 4 heteroatoms. The van der Waals surface area contributed by atoms with Crippen molar-refractivity contribution < 1.29 is 13.9 Å². The van der Waals surface area contributed by atoms with Gasteiger partial charge in [-0.2, -0.15) is 0 Å². The van der Waals surface area contributed by atoms with E-state index in [2.05, 4.69) is 5.32 Å². The molecule has 0 saturated carbocycles. The van der Waals surface area contributed by atoms with Crippen LogP contribution in [-0.2, 0) is 0 Å². The molecular formula is C17H22FNO2. The number of halogens is 1. The lowest BCUT2D eigenvalue weighted by molar-refractivity contribution is 0.151. The number of benzene rings is 1. The Labute approximate surface area is 124 Å². The topological polar surface area (TPSA) is 45.4 Å². The van der Waals surface area contributed by atoms with Gasteiger partial charge in [-0.3, -0.25) is 0 Å². The molecule has 1 aromatic carbocycles. The summed E-state index contributed by atoms with van der Waals surface area (Å²) in [6, 6.07) is 8.09. The van der Waals surface area contributed by atoms with Gasteiger partial charge in [0.2, 0.25) is 0 Å². The highest BCUT2D eigenvalue weighted by molar-refractivity contribution is 5.19. The normalized spacial score (nSPS) is 15.7. The molecule has 0 aliphatic carbocycles. The minimum absolute atomic E-state index is 0.0791. The third kappa shape index (κ3) is 4.16. The number of aliphatic hydroxyl groups excluding tert-OH is 1. The fourth-order valence-corrected chi connectivity index (χ4v) is 2.55. The van der Waals surface area contributed by atoms with Gasteiger partial charge in [-0.1, -0.05) is 12.1 Å². The van der Waals surface area contributed by atoms with Crippen molar-refractivity contribution in [2.24, 2.45) is 0 Å². The summed E-state index contributed by atoms with van der Waals surface area (Å²) in [6.07, 6.45) is 1.62. The lowest BCUT2D eigenvalue weighted by Crippen LogP contribution is -2.30. The molecule has 1 heterocycles. The Morgan fingerprint density at radius 3 is 2.43 bits per heavy atom. The third-order valence-corrected chi connectivity index (χ3v) is 3.66. The summed E-state index contributed by atoms with van der Waals surface area (Å²) in [5.41, 5.74) is 1.84. The molecule has 0 fully saturated rings. The Bertz CT molecular complexity index is 564. The van der Waals surface area contributed by atoms with Crippen molar-refractivity contribution in [3.05, 3.63) is 59.3 Å². The van der Waals surface area contributed by atoms with Crippen LogP contribution < -0.4 is 5.32 Å². The van der Waals surface area contributed by atoms with Crippen LogP contribution in [0.5, 0.6) is 0 Å². The minimum Gasteiger partial charge on any atom is -0.467 e. The zero-order valence-electron chi connectivity index (χ0n) is 12.6. The number of hydrogen-bond donors (Lipinski definition) is 2. The predicted octanol–water partition coefficient (Wildman–Crippen LogP) is 3.89. The van der Waals surface area contributed by atoms with Crippen molar-refractivity contribution in [3.8, 4) is 0 Å². The smallest absolute Gasteiger partial charge is 0.123 e. The monoisotopic (exact) mass is 291 g/mol. The molecule has 3 atom stereocenters. The van der Waals surface area contributed by atoms with E-state index in [9.17, 15) is 9.50 Å². The molecule has 0 spiro atoms. The minimum atomic E-state index is -0.613. The Morgan fingerprint density at radius 2 is 1.86 bits per heavy atom. The van der Waals surface area contributed by atoms with E-state index in [1.165, 1.54) is 12.1 Å². The maximum absolute atomic E-state index is 12.9. The van der Waals surface area contributed by atoms with Gasteiger partial charge in [0.1, 0.15) is 11.6 Å². The fraction of sp³-hybridized carbons (Fsp3) is 0.412. The summed E-state index contributed by atoms with van der Waals surface area (Å²) < 4.78 is 18.3. The molecule has 0 aliphatic rings. The second-order valence-corrected chi connectivity index (χ2v) is 5.56. The van der Waals surface area contributed by atoms with Gasteiger partial charge in [-0.05, 0) is 56.5 Å². The van der Waals surface area contributed by atoms with E-state index in [0.717, 1.165) is 16.9 Å². The number of hydrogen-bond acceptors (Lipinski definition) is 3. The van der Waals surface area contributed by atoms with E-state index < -0.39 is 6.10 Å². The van der Waals surface area contributed by atoms with E-state index in [1.54, 1.807) is 18.4 Å². The van der Waals surface area contributed by atoms with Crippen molar-refractivity contribution in [2.75, 3.05) is 0 Å². The average Bonchev–Trinajstić information content (AvgIpc) is 2.85. The molecule has 1 aromatic heterocycles. The molecule has 0 amide bonds. The van der Waals surface area contributed by atoms with Crippen LogP contribution in [0.3, 0.4) is 0 Å². The molecule has 0 bridgehead atoms. The van der Waals surface area contributed by atoms with Crippen LogP contribution in [0.2, 0.25) is 0 Å². The summed E-state index contributed by atoms with van der Waals surface area (Å²) in [5, 5.41) is 13.6. The first-order valence-corrected chi connectivity index (χ1v) is 7.21. The molecule has 2 rings (SSSR count). The summed E-state index contributed by atoms with van der Waals surface area (Å²) in [6.45, 7) is 6.06. The largest absolute Gasteiger partial charge is 0.467 e. The highest BCUT2D eigenvalue weighted by atomic mass is 19.1. The van der Waals surface area contributed by atoms with Gasteiger partial charge in [0.15, 0.2) is 0 Å². The van der Waals surface area contributed by atoms with Crippen LogP contribution in [0.1, 0.15) is 49.3 Å². The van der Waals surface area contributed by atoms with Gasteiger partial charge in [0.05, 0.1) is 18.4 Å². The van der Waals surface area contributed by atoms with Crippen LogP contribution in [0.25, 0.3) is 0 Å². The standard InChI is InChI=1S/C17H22FNO2/c1-11-8-9-21-17(11)13(3)19-12(2)10-16(20)14-4-6-15(18)7-5-14/h4-9,12-13,16,19-20H,10H2,1-3H3. The maximum atomic E-state index is 12.9. The average molecular weight is 291 g/mol. The van der Waals surface area contributed by atoms with Gasteiger partial charge < -0.3 is 14.8 Å². The van der Waals surface area contributed by atoms with Gasteiger partial charge in [0, 0.05) is 6.04 Å². The molecule has 2 N–H and O–H groups in total. The number of rotatable bonds is 6. The molecule has 0 radical (unpaired) electrons. The van der Waals surface area contributed by atoms with Gasteiger partial charge in [-0.15, -0.1) is 0 Å². The maximum Gasteiger partial charge on any atom is 0.123 e. The molecule has 114 valence electrons. The first kappa shape index (κ1) is 15.7. The van der Waals surface area contributed by atoms with E-state index >= 15 is 0 Å². The van der Waals surface area contributed by atoms with Crippen molar-refractivity contribution in [1.29, 1.82) is 0 Å². The van der Waals surface area contributed by atoms with Crippen molar-refractivity contribution in [1.82, 2.24) is 5.32 Å². The Balaban J connectivity index is 1.90. The van der Waals surface area contributed by atoms with E-state index in [1.807, 2.05) is 26.8 Å². The first-order chi connectivity index (χ1) is 9.97.